The zero-order valence-electron chi connectivity index (χ0n) is 32.0. The molecule has 14 heteroatoms. The first-order valence-corrected chi connectivity index (χ1v) is 17.4. The minimum atomic E-state index is -1.05. The van der Waals surface area contributed by atoms with Crippen LogP contribution in [0, 0.1) is 0 Å². The lowest BCUT2D eigenvalue weighted by atomic mass is 9.91. The minimum absolute atomic E-state index is 0.0278. The Morgan fingerprint density at radius 1 is 0.925 bits per heavy atom. The zero-order chi connectivity index (χ0) is 38.8. The summed E-state index contributed by atoms with van der Waals surface area (Å²) < 4.78 is 23.6. The highest BCUT2D eigenvalue weighted by Crippen LogP contribution is 2.67. The molecular formula is C39H46N6O8. The van der Waals surface area contributed by atoms with Crippen molar-refractivity contribution in [3.63, 3.8) is 0 Å². The topological polar surface area (TPSA) is 154 Å². The summed E-state index contributed by atoms with van der Waals surface area (Å²) in [5.41, 5.74) is 0.258. The van der Waals surface area contributed by atoms with Crippen molar-refractivity contribution in [3.8, 4) is 11.6 Å². The van der Waals surface area contributed by atoms with Crippen LogP contribution in [0.1, 0.15) is 89.3 Å². The lowest BCUT2D eigenvalue weighted by Gasteiger charge is -2.24. The van der Waals surface area contributed by atoms with Gasteiger partial charge in [-0.15, -0.1) is 5.10 Å². The maximum atomic E-state index is 14.3. The number of hydrogen-bond acceptors (Lipinski definition) is 11. The number of pyridine rings is 1. The first kappa shape index (κ1) is 37.1. The van der Waals surface area contributed by atoms with E-state index < -0.39 is 28.8 Å². The van der Waals surface area contributed by atoms with Crippen LogP contribution in [0.3, 0.4) is 0 Å². The predicted molar refractivity (Wildman–Crippen MR) is 198 cm³/mol. The third kappa shape index (κ3) is 6.73. The fraction of sp³-hybridized carbons (Fsp3) is 0.436. The molecule has 0 saturated heterocycles. The Labute approximate surface area is 308 Å². The van der Waals surface area contributed by atoms with Crippen molar-refractivity contribution in [2.24, 2.45) is 0 Å². The van der Waals surface area contributed by atoms with Gasteiger partial charge in [-0.25, -0.2) is 19.5 Å². The largest absolute Gasteiger partial charge is 0.497 e. The van der Waals surface area contributed by atoms with Crippen LogP contribution in [0.15, 0.2) is 48.5 Å². The van der Waals surface area contributed by atoms with Crippen LogP contribution < -0.4 is 19.7 Å². The van der Waals surface area contributed by atoms with Crippen molar-refractivity contribution >= 4 is 52.1 Å². The molecule has 2 aromatic heterocycles. The number of hydrogen-bond donors (Lipinski definition) is 1. The van der Waals surface area contributed by atoms with E-state index >= 15 is 0 Å². The van der Waals surface area contributed by atoms with Crippen LogP contribution in [-0.2, 0) is 19.7 Å². The molecular weight excluding hydrogens is 680 g/mol. The van der Waals surface area contributed by atoms with Crippen LogP contribution in [-0.4, -0.2) is 82.2 Å². The molecule has 1 saturated carbocycles. The number of carbonyl (C=O) groups is 4. The highest BCUT2D eigenvalue weighted by molar-refractivity contribution is 6.23. The number of fused-ring (bicyclic) bond motifs is 3. The molecule has 1 aliphatic heterocycles. The van der Waals surface area contributed by atoms with Gasteiger partial charge in [-0.3, -0.25) is 9.59 Å². The van der Waals surface area contributed by atoms with Gasteiger partial charge in [0.15, 0.2) is 5.82 Å². The molecule has 2 aliphatic rings. The lowest BCUT2D eigenvalue weighted by Crippen LogP contribution is -2.41. The van der Waals surface area contributed by atoms with Gasteiger partial charge in [0.05, 0.1) is 30.8 Å². The van der Waals surface area contributed by atoms with Gasteiger partial charge in [0.25, 0.3) is 5.91 Å². The van der Waals surface area contributed by atoms with Gasteiger partial charge in [0, 0.05) is 24.4 Å². The highest BCUT2D eigenvalue weighted by Gasteiger charge is 2.68. The highest BCUT2D eigenvalue weighted by atomic mass is 16.6. The van der Waals surface area contributed by atoms with Gasteiger partial charge in [-0.1, -0.05) is 6.07 Å². The SMILES string of the molecule is COc1ccc2c(c1)[C@]1(C[C@H]1c1ccc3c(Nc4ccc(C(=O)N(C)C(C)C)nc4OC)nn(C(=O)OC(C)(C)C)c3c1)C(=O)N2C(=O)OC(C)(C)C. The number of ether oxygens (including phenoxy) is 4. The summed E-state index contributed by atoms with van der Waals surface area (Å²) in [6, 6.07) is 14.0. The molecule has 6 rings (SSSR count). The number of aromatic nitrogens is 3. The quantitative estimate of drug-likeness (QED) is 0.206. The van der Waals surface area contributed by atoms with Crippen LogP contribution in [0.25, 0.3) is 10.9 Å². The molecule has 4 aromatic rings. The molecule has 53 heavy (non-hydrogen) atoms. The fourth-order valence-electron chi connectivity index (χ4n) is 6.55. The summed E-state index contributed by atoms with van der Waals surface area (Å²) in [6.07, 6.45) is -1.04. The molecule has 280 valence electrons. The summed E-state index contributed by atoms with van der Waals surface area (Å²) in [5, 5.41) is 8.43. The van der Waals surface area contributed by atoms with E-state index in [0.717, 1.165) is 10.5 Å². The predicted octanol–water partition coefficient (Wildman–Crippen LogP) is 7.16. The smallest absolute Gasteiger partial charge is 0.435 e. The number of nitrogens with zero attached hydrogens (tertiary/aromatic N) is 5. The van der Waals surface area contributed by atoms with E-state index in [0.29, 0.717) is 45.8 Å². The molecule has 0 bridgehead atoms. The van der Waals surface area contributed by atoms with E-state index in [-0.39, 0.29) is 35.3 Å². The van der Waals surface area contributed by atoms with E-state index in [1.807, 2.05) is 32.0 Å². The van der Waals surface area contributed by atoms with Gasteiger partial charge in [0.1, 0.15) is 28.3 Å². The van der Waals surface area contributed by atoms with E-state index in [4.69, 9.17) is 18.9 Å². The molecule has 3 heterocycles. The summed E-state index contributed by atoms with van der Waals surface area (Å²) in [6.45, 7) is 14.3. The molecule has 14 nitrogen and oxygen atoms in total. The summed E-state index contributed by atoms with van der Waals surface area (Å²) in [4.78, 5) is 61.4. The lowest BCUT2D eigenvalue weighted by molar-refractivity contribution is -0.120. The number of benzene rings is 2. The van der Waals surface area contributed by atoms with Crippen LogP contribution in [0.2, 0.25) is 0 Å². The average molecular weight is 727 g/mol. The van der Waals surface area contributed by atoms with Crippen LogP contribution >= 0.6 is 0 Å². The molecule has 2 aromatic carbocycles. The first-order chi connectivity index (χ1) is 24.8. The molecule has 1 spiro atoms. The van der Waals surface area contributed by atoms with Gasteiger partial charge in [-0.05, 0) is 115 Å². The standard InChI is InChI=1S/C39H46N6O8/c1-21(2)43(9)33(46)28-16-15-27(32(41-28)51-11)40-31-24-14-12-22(18-30(24)45(42-31)36(49)53-38(6,7)8)26-20-39(26)25-19-23(50-10)13-17-29(25)44(34(39)47)35(48)52-37(3,4)5/h12-19,21,26H,20H2,1-11H3,(H,40,42)/t26-,39-/m0/s1. The second kappa shape index (κ2) is 13.1. The third-order valence-corrected chi connectivity index (χ3v) is 9.34. The zero-order valence-corrected chi connectivity index (χ0v) is 32.0. The van der Waals surface area contributed by atoms with E-state index in [9.17, 15) is 19.2 Å². The molecule has 1 aliphatic carbocycles. The molecule has 0 radical (unpaired) electrons. The molecule has 1 N–H and O–H groups in total. The van der Waals surface area contributed by atoms with Gasteiger partial charge in [0.2, 0.25) is 11.8 Å². The Morgan fingerprint density at radius 3 is 2.23 bits per heavy atom. The molecule has 0 unspecified atom stereocenters. The average Bonchev–Trinajstić information content (AvgIpc) is 3.67. The van der Waals surface area contributed by atoms with Crippen molar-refractivity contribution < 1.29 is 38.1 Å². The first-order valence-electron chi connectivity index (χ1n) is 17.4. The van der Waals surface area contributed by atoms with Crippen molar-refractivity contribution in [1.82, 2.24) is 19.7 Å². The summed E-state index contributed by atoms with van der Waals surface area (Å²) in [7, 11) is 4.70. The van der Waals surface area contributed by atoms with Crippen molar-refractivity contribution in [3.05, 3.63) is 65.4 Å². The number of anilines is 3. The maximum Gasteiger partial charge on any atom is 0.435 e. The third-order valence-electron chi connectivity index (χ3n) is 9.34. The molecule has 2 atom stereocenters. The molecule has 3 amide bonds. The van der Waals surface area contributed by atoms with E-state index in [2.05, 4.69) is 15.4 Å². The normalized spacial score (nSPS) is 17.9. The fourth-order valence-corrected chi connectivity index (χ4v) is 6.55. The Kier molecular flexibility index (Phi) is 9.16. The molecule has 1 fully saturated rings. The second-order valence-electron chi connectivity index (χ2n) is 15.6. The Balaban J connectivity index is 1.41. The van der Waals surface area contributed by atoms with E-state index in [1.54, 1.807) is 90.9 Å². The Hall–Kier alpha value is -5.66. The monoisotopic (exact) mass is 726 g/mol. The van der Waals surface area contributed by atoms with Gasteiger partial charge in [-0.2, -0.15) is 4.68 Å². The Bertz CT molecular complexity index is 2150. The number of carbonyl (C=O) groups excluding carboxylic acids is 4. The number of rotatable bonds is 7. The number of methoxy groups -OCH3 is 2. The number of nitrogens with one attached hydrogen (secondary N) is 1. The summed E-state index contributed by atoms with van der Waals surface area (Å²) in [5.74, 6) is 0.0398. The van der Waals surface area contributed by atoms with Crippen LogP contribution in [0.4, 0.5) is 26.8 Å². The van der Waals surface area contributed by atoms with Crippen molar-refractivity contribution in [1.29, 1.82) is 0 Å². The maximum absolute atomic E-state index is 14.3. The Morgan fingerprint density at radius 2 is 1.60 bits per heavy atom. The van der Waals surface area contributed by atoms with E-state index in [1.165, 1.54) is 11.8 Å². The number of amides is 3. The van der Waals surface area contributed by atoms with Gasteiger partial charge < -0.3 is 29.2 Å². The van der Waals surface area contributed by atoms with Crippen LogP contribution in [0.5, 0.6) is 11.6 Å². The van der Waals surface area contributed by atoms with Crippen molar-refractivity contribution in [2.75, 3.05) is 31.5 Å². The van der Waals surface area contributed by atoms with Gasteiger partial charge >= 0.3 is 12.2 Å². The minimum Gasteiger partial charge on any atom is -0.497 e. The van der Waals surface area contributed by atoms with Crippen molar-refractivity contribution in [2.45, 2.75) is 90.4 Å². The second-order valence-corrected chi connectivity index (χ2v) is 15.6. The number of imide groups is 1. The summed E-state index contributed by atoms with van der Waals surface area (Å²) >= 11 is 0.